The highest BCUT2D eigenvalue weighted by Crippen LogP contribution is 2.32. The molecule has 4 N–H and O–H groups in total. The van der Waals surface area contributed by atoms with E-state index in [1.165, 1.54) is 0 Å². The van der Waals surface area contributed by atoms with E-state index in [9.17, 15) is 4.79 Å². The molecule has 0 atom stereocenters. The molecule has 5 heteroatoms. The number of anilines is 2. The van der Waals surface area contributed by atoms with Crippen LogP contribution in [0.1, 0.15) is 24.2 Å². The zero-order valence-corrected chi connectivity index (χ0v) is 10.8. The molecule has 0 unspecified atom stereocenters. The van der Waals surface area contributed by atoms with Gasteiger partial charge in [-0.15, -0.1) is 0 Å². The fraction of sp³-hybridized carbons (Fsp3) is 0.462. The summed E-state index contributed by atoms with van der Waals surface area (Å²) in [5.74, 6) is -0.442. The Bertz CT molecular complexity index is 471. The summed E-state index contributed by atoms with van der Waals surface area (Å²) in [5.41, 5.74) is 13.1. The summed E-state index contributed by atoms with van der Waals surface area (Å²) in [7, 11) is 0. The zero-order valence-electron chi connectivity index (χ0n) is 10.8. The van der Waals surface area contributed by atoms with Crippen molar-refractivity contribution in [2.45, 2.75) is 19.4 Å². The molecule has 1 heterocycles. The molecule has 0 saturated carbocycles. The van der Waals surface area contributed by atoms with Gasteiger partial charge in [-0.1, -0.05) is 0 Å². The van der Waals surface area contributed by atoms with Crippen LogP contribution in [0, 0.1) is 0 Å². The molecule has 0 radical (unpaired) electrons. The van der Waals surface area contributed by atoms with Crippen LogP contribution in [0.3, 0.4) is 0 Å². The van der Waals surface area contributed by atoms with Gasteiger partial charge < -0.3 is 21.1 Å². The SMILES string of the molecule is CC1(C)COCCN1c1cc(C(N)=O)ccc1N. The standard InChI is InChI=1S/C13H19N3O2/c1-13(2)8-18-6-5-16(13)11-7-9(12(15)17)3-4-10(11)14/h3-4,7H,5-6,8,14H2,1-2H3,(H2,15,17). The molecule has 5 nitrogen and oxygen atoms in total. The number of amides is 1. The average molecular weight is 249 g/mol. The van der Waals surface area contributed by atoms with Gasteiger partial charge in [-0.3, -0.25) is 4.79 Å². The number of rotatable bonds is 2. The summed E-state index contributed by atoms with van der Waals surface area (Å²) in [4.78, 5) is 13.4. The van der Waals surface area contributed by atoms with Gasteiger partial charge in [0.25, 0.3) is 0 Å². The number of carbonyl (C=O) groups is 1. The number of primary amides is 1. The van der Waals surface area contributed by atoms with E-state index in [-0.39, 0.29) is 5.54 Å². The highest BCUT2D eigenvalue weighted by molar-refractivity contribution is 5.95. The number of hydrogen-bond donors (Lipinski definition) is 2. The van der Waals surface area contributed by atoms with E-state index >= 15 is 0 Å². The maximum Gasteiger partial charge on any atom is 0.248 e. The van der Waals surface area contributed by atoms with Gasteiger partial charge in [0.2, 0.25) is 5.91 Å². The third-order valence-corrected chi connectivity index (χ3v) is 3.25. The monoisotopic (exact) mass is 249 g/mol. The van der Waals surface area contributed by atoms with E-state index in [2.05, 4.69) is 18.7 Å². The first-order valence-electron chi connectivity index (χ1n) is 5.96. The van der Waals surface area contributed by atoms with Crippen LogP contribution in [0.4, 0.5) is 11.4 Å². The Morgan fingerprint density at radius 2 is 2.17 bits per heavy atom. The van der Waals surface area contributed by atoms with Crippen LogP contribution < -0.4 is 16.4 Å². The van der Waals surface area contributed by atoms with Gasteiger partial charge in [0.1, 0.15) is 0 Å². The van der Waals surface area contributed by atoms with Gasteiger partial charge in [-0.05, 0) is 32.0 Å². The van der Waals surface area contributed by atoms with Gasteiger partial charge in [0.15, 0.2) is 0 Å². The maximum absolute atomic E-state index is 11.2. The molecule has 0 aromatic heterocycles. The van der Waals surface area contributed by atoms with Gasteiger partial charge in [0, 0.05) is 12.1 Å². The molecule has 0 bridgehead atoms. The lowest BCUT2D eigenvalue weighted by Crippen LogP contribution is -2.53. The lowest BCUT2D eigenvalue weighted by atomic mass is 10.00. The van der Waals surface area contributed by atoms with Crippen molar-refractivity contribution in [3.05, 3.63) is 23.8 Å². The fourth-order valence-corrected chi connectivity index (χ4v) is 2.24. The van der Waals surface area contributed by atoms with Crippen molar-refractivity contribution in [2.75, 3.05) is 30.4 Å². The molecular formula is C13H19N3O2. The van der Waals surface area contributed by atoms with Crippen LogP contribution in [0.2, 0.25) is 0 Å². The molecule has 2 rings (SSSR count). The molecule has 98 valence electrons. The molecule has 0 spiro atoms. The molecular weight excluding hydrogens is 230 g/mol. The number of benzene rings is 1. The predicted molar refractivity (Wildman–Crippen MR) is 71.6 cm³/mol. The largest absolute Gasteiger partial charge is 0.397 e. The van der Waals surface area contributed by atoms with Crippen molar-refractivity contribution in [3.63, 3.8) is 0 Å². The Balaban J connectivity index is 2.42. The number of carbonyl (C=O) groups excluding carboxylic acids is 1. The minimum Gasteiger partial charge on any atom is -0.397 e. The Morgan fingerprint density at radius 1 is 1.44 bits per heavy atom. The van der Waals surface area contributed by atoms with Gasteiger partial charge in [-0.2, -0.15) is 0 Å². The molecule has 1 aliphatic heterocycles. The van der Waals surface area contributed by atoms with Crippen molar-refractivity contribution in [1.29, 1.82) is 0 Å². The molecule has 18 heavy (non-hydrogen) atoms. The lowest BCUT2D eigenvalue weighted by Gasteiger charge is -2.44. The second-order valence-corrected chi connectivity index (χ2v) is 5.15. The molecule has 1 aromatic carbocycles. The zero-order chi connectivity index (χ0) is 13.3. The predicted octanol–water partition coefficient (Wildman–Crippen LogP) is 0.983. The number of morpholine rings is 1. The van der Waals surface area contributed by atoms with Crippen molar-refractivity contribution in [3.8, 4) is 0 Å². The molecule has 1 amide bonds. The maximum atomic E-state index is 11.2. The van der Waals surface area contributed by atoms with Crippen LogP contribution in [0.15, 0.2) is 18.2 Å². The van der Waals surface area contributed by atoms with E-state index in [4.69, 9.17) is 16.2 Å². The number of nitrogen functional groups attached to an aromatic ring is 1. The normalized spacial score (nSPS) is 18.7. The quantitative estimate of drug-likeness (QED) is 0.766. The summed E-state index contributed by atoms with van der Waals surface area (Å²) in [6, 6.07) is 5.13. The van der Waals surface area contributed by atoms with E-state index in [0.29, 0.717) is 24.5 Å². The summed E-state index contributed by atoms with van der Waals surface area (Å²) >= 11 is 0. The topological polar surface area (TPSA) is 81.6 Å². The summed E-state index contributed by atoms with van der Waals surface area (Å²) in [6.07, 6.45) is 0. The van der Waals surface area contributed by atoms with Crippen LogP contribution in [-0.4, -0.2) is 31.2 Å². The Kier molecular flexibility index (Phi) is 3.17. The number of ether oxygens (including phenoxy) is 1. The van der Waals surface area contributed by atoms with Gasteiger partial charge >= 0.3 is 0 Å². The summed E-state index contributed by atoms with van der Waals surface area (Å²) in [5, 5.41) is 0. The Labute approximate surface area is 107 Å². The first kappa shape index (κ1) is 12.7. The van der Waals surface area contributed by atoms with Crippen molar-refractivity contribution >= 4 is 17.3 Å². The molecule has 1 saturated heterocycles. The first-order chi connectivity index (χ1) is 8.42. The van der Waals surface area contributed by atoms with Crippen LogP contribution in [0.25, 0.3) is 0 Å². The van der Waals surface area contributed by atoms with Crippen molar-refractivity contribution < 1.29 is 9.53 Å². The minimum atomic E-state index is -0.442. The molecule has 0 aliphatic carbocycles. The summed E-state index contributed by atoms with van der Waals surface area (Å²) in [6.45, 7) is 6.21. The lowest BCUT2D eigenvalue weighted by molar-refractivity contribution is 0.0645. The van der Waals surface area contributed by atoms with E-state index < -0.39 is 5.91 Å². The number of nitrogens with two attached hydrogens (primary N) is 2. The van der Waals surface area contributed by atoms with Crippen LogP contribution in [-0.2, 0) is 4.74 Å². The first-order valence-corrected chi connectivity index (χ1v) is 5.96. The molecule has 1 fully saturated rings. The number of nitrogens with zero attached hydrogens (tertiary/aromatic N) is 1. The molecule has 1 aliphatic rings. The Morgan fingerprint density at radius 3 is 2.78 bits per heavy atom. The second-order valence-electron chi connectivity index (χ2n) is 5.15. The second kappa shape index (κ2) is 4.49. The van der Waals surface area contributed by atoms with Crippen molar-refractivity contribution in [1.82, 2.24) is 0 Å². The third-order valence-electron chi connectivity index (χ3n) is 3.25. The van der Waals surface area contributed by atoms with E-state index in [0.717, 1.165) is 12.2 Å². The van der Waals surface area contributed by atoms with E-state index in [1.54, 1.807) is 18.2 Å². The van der Waals surface area contributed by atoms with Crippen molar-refractivity contribution in [2.24, 2.45) is 5.73 Å². The van der Waals surface area contributed by atoms with E-state index in [1.807, 2.05) is 0 Å². The van der Waals surface area contributed by atoms with Gasteiger partial charge in [0.05, 0.1) is 30.1 Å². The van der Waals surface area contributed by atoms with Gasteiger partial charge in [-0.25, -0.2) is 0 Å². The Hall–Kier alpha value is -1.75. The minimum absolute atomic E-state index is 0.150. The molecule has 1 aromatic rings. The smallest absolute Gasteiger partial charge is 0.248 e. The van der Waals surface area contributed by atoms with Crippen LogP contribution in [0.5, 0.6) is 0 Å². The number of hydrogen-bond acceptors (Lipinski definition) is 4. The van der Waals surface area contributed by atoms with Crippen LogP contribution >= 0.6 is 0 Å². The highest BCUT2D eigenvalue weighted by atomic mass is 16.5. The highest BCUT2D eigenvalue weighted by Gasteiger charge is 2.31. The fourth-order valence-electron chi connectivity index (χ4n) is 2.24. The third kappa shape index (κ3) is 2.26. The average Bonchev–Trinajstić information content (AvgIpc) is 2.29. The summed E-state index contributed by atoms with van der Waals surface area (Å²) < 4.78 is 5.48.